The van der Waals surface area contributed by atoms with Crippen molar-refractivity contribution in [3.63, 3.8) is 0 Å². The van der Waals surface area contributed by atoms with E-state index in [0.29, 0.717) is 11.6 Å². The molecule has 1 aliphatic heterocycles. The van der Waals surface area contributed by atoms with Crippen molar-refractivity contribution < 1.29 is 5.11 Å². The average Bonchev–Trinajstić information content (AvgIpc) is 2.60. The second-order valence-corrected chi connectivity index (χ2v) is 4.79. The lowest BCUT2D eigenvalue weighted by atomic mass is 10.1. The summed E-state index contributed by atoms with van der Waals surface area (Å²) in [5.41, 5.74) is 1.74. The molecule has 96 valence electrons. The minimum absolute atomic E-state index is 0.0979. The molecule has 0 aliphatic carbocycles. The topological polar surface area (TPSA) is 59.3 Å². The van der Waals surface area contributed by atoms with E-state index in [9.17, 15) is 5.11 Å². The Morgan fingerprint density at radius 1 is 1.56 bits per heavy atom. The summed E-state index contributed by atoms with van der Waals surface area (Å²) < 4.78 is 0. The molecule has 4 heteroatoms. The summed E-state index contributed by atoms with van der Waals surface area (Å²) >= 11 is 0. The third kappa shape index (κ3) is 2.81. The van der Waals surface area contributed by atoms with Crippen LogP contribution in [0.4, 0.5) is 5.69 Å². The molecule has 2 N–H and O–H groups in total. The monoisotopic (exact) mass is 245 g/mol. The van der Waals surface area contributed by atoms with E-state index in [1.807, 2.05) is 24.3 Å². The van der Waals surface area contributed by atoms with Crippen LogP contribution < -0.4 is 10.2 Å². The maximum atomic E-state index is 9.33. The molecule has 1 heterocycles. The number of hydrogen-bond acceptors (Lipinski definition) is 4. The number of hydrogen-bond donors (Lipinski definition) is 2. The number of nitrogens with zero attached hydrogens (tertiary/aromatic N) is 2. The third-order valence-corrected chi connectivity index (χ3v) is 3.47. The van der Waals surface area contributed by atoms with E-state index in [0.717, 1.165) is 25.2 Å². The molecule has 0 amide bonds. The van der Waals surface area contributed by atoms with Gasteiger partial charge in [-0.3, -0.25) is 0 Å². The Labute approximate surface area is 108 Å². The normalized spacial score (nSPS) is 24.4. The molecule has 18 heavy (non-hydrogen) atoms. The average molecular weight is 245 g/mol. The molecule has 0 spiro atoms. The van der Waals surface area contributed by atoms with Gasteiger partial charge in [-0.25, -0.2) is 0 Å². The Bertz CT molecular complexity index is 441. The van der Waals surface area contributed by atoms with Gasteiger partial charge in [-0.2, -0.15) is 5.26 Å². The van der Waals surface area contributed by atoms with Gasteiger partial charge in [0.2, 0.25) is 0 Å². The van der Waals surface area contributed by atoms with Gasteiger partial charge in [0.15, 0.2) is 0 Å². The van der Waals surface area contributed by atoms with Gasteiger partial charge in [-0.05, 0) is 38.1 Å². The number of nitriles is 1. The van der Waals surface area contributed by atoms with Crippen LogP contribution in [0.25, 0.3) is 0 Å². The minimum atomic E-state index is 0.0979. The van der Waals surface area contributed by atoms with Crippen molar-refractivity contribution in [3.05, 3.63) is 29.8 Å². The summed E-state index contributed by atoms with van der Waals surface area (Å²) in [6, 6.07) is 10.3. The summed E-state index contributed by atoms with van der Waals surface area (Å²) in [7, 11) is 0. The van der Waals surface area contributed by atoms with Gasteiger partial charge in [0.1, 0.15) is 0 Å². The number of aliphatic hydroxyl groups is 1. The van der Waals surface area contributed by atoms with Gasteiger partial charge >= 0.3 is 0 Å². The van der Waals surface area contributed by atoms with E-state index in [4.69, 9.17) is 5.26 Å². The molecule has 0 radical (unpaired) electrons. The van der Waals surface area contributed by atoms with Gasteiger partial charge < -0.3 is 15.3 Å². The van der Waals surface area contributed by atoms with Gasteiger partial charge in [0.05, 0.1) is 18.2 Å². The second-order valence-electron chi connectivity index (χ2n) is 4.79. The highest BCUT2D eigenvalue weighted by molar-refractivity contribution is 5.52. The quantitative estimate of drug-likeness (QED) is 0.819. The van der Waals surface area contributed by atoms with Gasteiger partial charge in [0.25, 0.3) is 0 Å². The third-order valence-electron chi connectivity index (χ3n) is 3.47. The van der Waals surface area contributed by atoms with Crippen LogP contribution in [0.5, 0.6) is 0 Å². The van der Waals surface area contributed by atoms with Crippen molar-refractivity contribution >= 4 is 5.69 Å². The predicted octanol–water partition coefficient (Wildman–Crippen LogP) is 1.11. The first kappa shape index (κ1) is 12.9. The molecule has 1 saturated heterocycles. The Balaban J connectivity index is 2.24. The van der Waals surface area contributed by atoms with Crippen molar-refractivity contribution in [2.24, 2.45) is 0 Å². The van der Waals surface area contributed by atoms with Crippen LogP contribution in [0, 0.1) is 11.3 Å². The highest BCUT2D eigenvalue weighted by atomic mass is 16.3. The molecule has 1 aliphatic rings. The summed E-state index contributed by atoms with van der Waals surface area (Å²) in [5.74, 6) is 0. The smallest absolute Gasteiger partial charge is 0.0992 e. The molecule has 0 bridgehead atoms. The first-order valence-electron chi connectivity index (χ1n) is 6.35. The summed E-state index contributed by atoms with van der Waals surface area (Å²) in [6.45, 7) is 4.01. The van der Waals surface area contributed by atoms with Crippen molar-refractivity contribution in [3.8, 4) is 6.07 Å². The highest BCUT2D eigenvalue weighted by Gasteiger charge is 2.22. The first-order chi connectivity index (χ1) is 8.74. The van der Waals surface area contributed by atoms with Crippen LogP contribution in [0.2, 0.25) is 0 Å². The molecule has 2 atom stereocenters. The fraction of sp³-hybridized carbons (Fsp3) is 0.500. The number of benzene rings is 1. The molecule has 0 saturated carbocycles. The lowest BCUT2D eigenvalue weighted by molar-refractivity contribution is 0.248. The van der Waals surface area contributed by atoms with E-state index in [-0.39, 0.29) is 12.6 Å². The Morgan fingerprint density at radius 3 is 3.11 bits per heavy atom. The predicted molar refractivity (Wildman–Crippen MR) is 71.5 cm³/mol. The second kappa shape index (κ2) is 5.85. The minimum Gasteiger partial charge on any atom is -0.395 e. The zero-order valence-electron chi connectivity index (χ0n) is 10.6. The highest BCUT2D eigenvalue weighted by Crippen LogP contribution is 2.21. The molecule has 1 aromatic carbocycles. The number of nitrogens with one attached hydrogen (secondary N) is 1. The van der Waals surface area contributed by atoms with Gasteiger partial charge in [-0.15, -0.1) is 0 Å². The molecule has 0 aromatic heterocycles. The summed E-state index contributed by atoms with van der Waals surface area (Å²) in [6.07, 6.45) is 1.04. The number of aliphatic hydroxyl groups excluding tert-OH is 1. The Morgan fingerprint density at radius 2 is 2.39 bits per heavy atom. The van der Waals surface area contributed by atoms with Crippen LogP contribution >= 0.6 is 0 Å². The van der Waals surface area contributed by atoms with E-state index in [2.05, 4.69) is 23.2 Å². The molecule has 4 nitrogen and oxygen atoms in total. The van der Waals surface area contributed by atoms with E-state index in [1.165, 1.54) is 0 Å². The van der Waals surface area contributed by atoms with Crippen LogP contribution in [-0.2, 0) is 0 Å². The summed E-state index contributed by atoms with van der Waals surface area (Å²) in [5, 5.41) is 21.6. The SMILES string of the molecule is CC1CCNC(CO)CN1c1cccc(C#N)c1. The maximum Gasteiger partial charge on any atom is 0.0992 e. The lowest BCUT2D eigenvalue weighted by Gasteiger charge is -2.31. The summed E-state index contributed by atoms with van der Waals surface area (Å²) in [4.78, 5) is 2.27. The zero-order chi connectivity index (χ0) is 13.0. The van der Waals surface area contributed by atoms with Gasteiger partial charge in [0, 0.05) is 24.3 Å². The standard InChI is InChI=1S/C14H19N3O/c1-11-5-6-16-13(10-18)9-17(11)14-4-2-3-12(7-14)8-15/h2-4,7,11,13,16,18H,5-6,9-10H2,1H3. The van der Waals surface area contributed by atoms with Crippen molar-refractivity contribution in [1.82, 2.24) is 5.32 Å². The molecular weight excluding hydrogens is 226 g/mol. The van der Waals surface area contributed by atoms with Gasteiger partial charge in [-0.1, -0.05) is 6.07 Å². The fourth-order valence-corrected chi connectivity index (χ4v) is 2.37. The molecule has 2 unspecified atom stereocenters. The first-order valence-corrected chi connectivity index (χ1v) is 6.35. The zero-order valence-corrected chi connectivity index (χ0v) is 10.6. The Kier molecular flexibility index (Phi) is 4.19. The molecular formula is C14H19N3O. The number of anilines is 1. The molecule has 2 rings (SSSR count). The van der Waals surface area contributed by atoms with Crippen LogP contribution in [0.3, 0.4) is 0 Å². The van der Waals surface area contributed by atoms with Crippen molar-refractivity contribution in [2.45, 2.75) is 25.4 Å². The number of rotatable bonds is 2. The fourth-order valence-electron chi connectivity index (χ4n) is 2.37. The lowest BCUT2D eigenvalue weighted by Crippen LogP contribution is -2.42. The van der Waals surface area contributed by atoms with E-state index in [1.54, 1.807) is 0 Å². The van der Waals surface area contributed by atoms with Crippen LogP contribution in [0.1, 0.15) is 18.9 Å². The Hall–Kier alpha value is -1.57. The van der Waals surface area contributed by atoms with Crippen molar-refractivity contribution in [1.29, 1.82) is 5.26 Å². The molecule has 1 aromatic rings. The molecule has 1 fully saturated rings. The van der Waals surface area contributed by atoms with E-state index >= 15 is 0 Å². The van der Waals surface area contributed by atoms with Crippen LogP contribution in [-0.4, -0.2) is 36.9 Å². The van der Waals surface area contributed by atoms with Crippen molar-refractivity contribution in [2.75, 3.05) is 24.6 Å². The maximum absolute atomic E-state index is 9.33. The van der Waals surface area contributed by atoms with E-state index < -0.39 is 0 Å². The van der Waals surface area contributed by atoms with Crippen LogP contribution in [0.15, 0.2) is 24.3 Å². The largest absolute Gasteiger partial charge is 0.395 e.